The Kier molecular flexibility index (Phi) is 6.52. The van der Waals surface area contributed by atoms with Crippen molar-refractivity contribution in [3.8, 4) is 0 Å². The lowest BCUT2D eigenvalue weighted by molar-refractivity contribution is -0.138. The number of halogens is 1. The maximum atomic E-state index is 12.5. The smallest absolute Gasteiger partial charge is 0.330 e. The Balaban J connectivity index is 2.00. The molecule has 1 aliphatic carbocycles. The second-order valence-electron chi connectivity index (χ2n) is 5.03. The second kappa shape index (κ2) is 8.83. The molecule has 0 aliphatic heterocycles. The molecule has 0 aromatic heterocycles. The number of ether oxygens (including phenoxy) is 2. The van der Waals surface area contributed by atoms with Gasteiger partial charge in [-0.3, -0.25) is 4.79 Å². The normalized spacial score (nSPS) is 15.8. The minimum absolute atomic E-state index is 0.0449. The average Bonchev–Trinajstić information content (AvgIpc) is 2.64. The van der Waals surface area contributed by atoms with Crippen LogP contribution in [0.3, 0.4) is 0 Å². The fraction of sp³-hybridized carbons (Fsp3) is 0.158. The summed E-state index contributed by atoms with van der Waals surface area (Å²) in [5, 5.41) is 0.523. The van der Waals surface area contributed by atoms with Gasteiger partial charge < -0.3 is 9.47 Å². The van der Waals surface area contributed by atoms with Gasteiger partial charge in [-0.2, -0.15) is 0 Å². The third kappa shape index (κ3) is 5.05. The average molecular weight is 359 g/mol. The van der Waals surface area contributed by atoms with Gasteiger partial charge in [0.2, 0.25) is 0 Å². The predicted octanol–water partition coefficient (Wildman–Crippen LogP) is 3.10. The van der Waals surface area contributed by atoms with Gasteiger partial charge in [0.15, 0.2) is 5.78 Å². The summed E-state index contributed by atoms with van der Waals surface area (Å²) in [5.41, 5.74) is 0.612. The van der Waals surface area contributed by atoms with Crippen LogP contribution >= 0.6 is 11.6 Å². The Bertz CT molecular complexity index is 783. The molecule has 1 unspecified atom stereocenters. The van der Waals surface area contributed by atoms with Crippen molar-refractivity contribution in [1.82, 2.24) is 0 Å². The lowest BCUT2D eigenvalue weighted by Crippen LogP contribution is -2.18. The molecule has 0 bridgehead atoms. The molecule has 1 aliphatic rings. The number of rotatable bonds is 7. The van der Waals surface area contributed by atoms with Crippen molar-refractivity contribution < 1.29 is 23.9 Å². The van der Waals surface area contributed by atoms with E-state index in [2.05, 4.69) is 6.58 Å². The molecule has 1 atom stereocenters. The molecule has 0 fully saturated rings. The van der Waals surface area contributed by atoms with E-state index >= 15 is 0 Å². The van der Waals surface area contributed by atoms with Crippen LogP contribution in [-0.4, -0.2) is 30.9 Å². The van der Waals surface area contributed by atoms with Gasteiger partial charge in [0.1, 0.15) is 24.9 Å². The third-order valence-corrected chi connectivity index (χ3v) is 3.63. The number of ketones is 1. The molecule has 1 aromatic rings. The van der Waals surface area contributed by atoms with Crippen LogP contribution in [0.25, 0.3) is 0 Å². The Labute approximate surface area is 149 Å². The van der Waals surface area contributed by atoms with E-state index in [1.54, 1.807) is 42.4 Å². The molecular formula is C19H15ClO5. The Hall–Kier alpha value is -2.88. The lowest BCUT2D eigenvalue weighted by atomic mass is 9.88. The molecule has 6 heteroatoms. The number of hydrogen-bond donors (Lipinski definition) is 0. The molecule has 0 amide bonds. The summed E-state index contributed by atoms with van der Waals surface area (Å²) in [5.74, 6) is 0.651. The van der Waals surface area contributed by atoms with E-state index in [0.717, 1.165) is 6.08 Å². The summed E-state index contributed by atoms with van der Waals surface area (Å²) in [6.45, 7) is 3.44. The highest BCUT2D eigenvalue weighted by Crippen LogP contribution is 2.25. The first kappa shape index (κ1) is 18.5. The van der Waals surface area contributed by atoms with Crippen LogP contribution in [0.2, 0.25) is 5.02 Å². The summed E-state index contributed by atoms with van der Waals surface area (Å²) in [6.07, 6.45) is 5.66. The molecule has 128 valence electrons. The molecule has 0 saturated carbocycles. The molecule has 5 nitrogen and oxygen atoms in total. The van der Waals surface area contributed by atoms with Crippen LogP contribution in [0.15, 0.2) is 66.5 Å². The van der Waals surface area contributed by atoms with E-state index in [-0.39, 0.29) is 24.6 Å². The quantitative estimate of drug-likeness (QED) is 0.246. The summed E-state index contributed by atoms with van der Waals surface area (Å²) < 4.78 is 10.2. The zero-order valence-electron chi connectivity index (χ0n) is 13.2. The third-order valence-electron chi connectivity index (χ3n) is 3.38. The van der Waals surface area contributed by atoms with Crippen LogP contribution in [0.5, 0.6) is 0 Å². The molecule has 0 heterocycles. The Morgan fingerprint density at radius 3 is 2.60 bits per heavy atom. The predicted molar refractivity (Wildman–Crippen MR) is 92.8 cm³/mol. The van der Waals surface area contributed by atoms with Crippen LogP contribution in [-0.2, 0) is 19.1 Å². The highest BCUT2D eigenvalue weighted by atomic mass is 35.5. The van der Waals surface area contributed by atoms with Crippen LogP contribution in [0.1, 0.15) is 10.4 Å². The van der Waals surface area contributed by atoms with Crippen molar-refractivity contribution in [2.24, 2.45) is 5.92 Å². The number of carbonyl (C=O) groups is 2. The summed E-state index contributed by atoms with van der Waals surface area (Å²) in [4.78, 5) is 34.6. The number of carbonyl (C=O) groups excluding carboxylic acids is 3. The number of Topliss-reactive ketones (excluding diaryl/α,β-unsaturated/α-hetero) is 1. The fourth-order valence-electron chi connectivity index (χ4n) is 2.15. The molecule has 1 aromatic carbocycles. The number of hydrogen-bond acceptors (Lipinski definition) is 5. The van der Waals surface area contributed by atoms with Crippen molar-refractivity contribution in [2.75, 3.05) is 13.2 Å². The molecule has 0 saturated heterocycles. The second-order valence-corrected chi connectivity index (χ2v) is 5.47. The van der Waals surface area contributed by atoms with E-state index in [9.17, 15) is 14.4 Å². The standard InChI is InChI=1S/C19H15ClO5/c1-2-18(22)25-10-9-24-16-7-8-17(14(11-16)12-21)19(23)13-3-5-15(20)6-4-13/h2-8,11,17H,1,9-10H2. The van der Waals surface area contributed by atoms with Gasteiger partial charge >= 0.3 is 5.97 Å². The van der Waals surface area contributed by atoms with Crippen molar-refractivity contribution in [1.29, 1.82) is 0 Å². The number of esters is 1. The SMILES string of the molecule is C=CC(=O)OCCOC1=CC(=C=O)C(C(=O)c2ccc(Cl)cc2)C=C1. The van der Waals surface area contributed by atoms with Gasteiger partial charge in [0.25, 0.3) is 0 Å². The summed E-state index contributed by atoms with van der Waals surface area (Å²) in [6, 6.07) is 6.43. The highest BCUT2D eigenvalue weighted by Gasteiger charge is 2.24. The lowest BCUT2D eigenvalue weighted by Gasteiger charge is -2.17. The maximum absolute atomic E-state index is 12.5. The van der Waals surface area contributed by atoms with Crippen molar-refractivity contribution in [3.63, 3.8) is 0 Å². The molecule has 25 heavy (non-hydrogen) atoms. The van der Waals surface area contributed by atoms with Gasteiger partial charge in [-0.05, 0) is 36.4 Å². The summed E-state index contributed by atoms with van der Waals surface area (Å²) in [7, 11) is 0. The number of allylic oxidation sites excluding steroid dienone is 4. The van der Waals surface area contributed by atoms with Gasteiger partial charge in [-0.1, -0.05) is 24.3 Å². The van der Waals surface area contributed by atoms with Crippen LogP contribution < -0.4 is 0 Å². The van der Waals surface area contributed by atoms with Gasteiger partial charge in [0, 0.05) is 16.7 Å². The van der Waals surface area contributed by atoms with Gasteiger partial charge in [-0.25, -0.2) is 9.59 Å². The monoisotopic (exact) mass is 358 g/mol. The first-order valence-electron chi connectivity index (χ1n) is 7.42. The highest BCUT2D eigenvalue weighted by molar-refractivity contribution is 6.30. The van der Waals surface area contributed by atoms with E-state index in [0.29, 0.717) is 16.3 Å². The molecule has 2 rings (SSSR count). The van der Waals surface area contributed by atoms with E-state index in [1.165, 1.54) is 6.08 Å². The number of benzene rings is 1. The van der Waals surface area contributed by atoms with Crippen molar-refractivity contribution in [3.05, 3.63) is 77.1 Å². The molecule has 0 radical (unpaired) electrons. The van der Waals surface area contributed by atoms with E-state index in [1.807, 2.05) is 0 Å². The van der Waals surface area contributed by atoms with E-state index in [4.69, 9.17) is 21.1 Å². The van der Waals surface area contributed by atoms with Gasteiger partial charge in [0.05, 0.1) is 11.5 Å². The Morgan fingerprint density at radius 1 is 1.24 bits per heavy atom. The topological polar surface area (TPSA) is 69.7 Å². The van der Waals surface area contributed by atoms with Gasteiger partial charge in [-0.15, -0.1) is 0 Å². The first-order valence-corrected chi connectivity index (χ1v) is 7.79. The van der Waals surface area contributed by atoms with Crippen molar-refractivity contribution in [2.45, 2.75) is 0 Å². The molecule has 0 spiro atoms. The minimum Gasteiger partial charge on any atom is -0.490 e. The van der Waals surface area contributed by atoms with E-state index < -0.39 is 11.9 Å². The Morgan fingerprint density at radius 2 is 1.96 bits per heavy atom. The van der Waals surface area contributed by atoms with Crippen molar-refractivity contribution >= 4 is 29.3 Å². The molecule has 0 N–H and O–H groups in total. The molecular weight excluding hydrogens is 344 g/mol. The van der Waals surface area contributed by atoms with Crippen LogP contribution in [0.4, 0.5) is 0 Å². The largest absolute Gasteiger partial charge is 0.490 e. The van der Waals surface area contributed by atoms with Crippen LogP contribution in [0, 0.1) is 5.92 Å². The maximum Gasteiger partial charge on any atom is 0.330 e. The minimum atomic E-state index is -0.732. The summed E-state index contributed by atoms with van der Waals surface area (Å²) >= 11 is 5.81. The zero-order chi connectivity index (χ0) is 18.2. The first-order chi connectivity index (χ1) is 12.0. The zero-order valence-corrected chi connectivity index (χ0v) is 14.0. The fourth-order valence-corrected chi connectivity index (χ4v) is 2.28.